The average Bonchev–Trinajstić information content (AvgIpc) is 3.26. The summed E-state index contributed by atoms with van der Waals surface area (Å²) in [7, 11) is 1.47. The van der Waals surface area contributed by atoms with E-state index in [-0.39, 0.29) is 17.8 Å². The molecule has 1 aromatic carbocycles. The van der Waals surface area contributed by atoms with Gasteiger partial charge in [0.2, 0.25) is 0 Å². The number of carbonyl (C=O) groups excluding carboxylic acids is 1. The van der Waals surface area contributed by atoms with Gasteiger partial charge in [-0.2, -0.15) is 0 Å². The Morgan fingerprint density at radius 1 is 1.35 bits per heavy atom. The molecule has 2 aliphatic rings. The Labute approximate surface area is 138 Å². The number of ether oxygens (including phenoxy) is 2. The lowest BCUT2D eigenvalue weighted by atomic mass is 9.83. The number of methoxy groups -OCH3 is 1. The number of hydrogen-bond acceptors (Lipinski definition) is 4. The Balaban J connectivity index is 1.69. The van der Waals surface area contributed by atoms with Crippen molar-refractivity contribution in [3.8, 4) is 5.75 Å². The number of benzene rings is 1. The second kappa shape index (κ2) is 7.35. The molecule has 1 saturated carbocycles. The summed E-state index contributed by atoms with van der Waals surface area (Å²) in [5.41, 5.74) is 1.20. The Hall–Kier alpha value is -1.55. The molecule has 126 valence electrons. The maximum atomic E-state index is 12.0. The number of hydrogen-bond donors (Lipinski definition) is 1. The molecule has 2 fully saturated rings. The van der Waals surface area contributed by atoms with Crippen LogP contribution < -0.4 is 10.1 Å². The lowest BCUT2D eigenvalue weighted by Gasteiger charge is -2.23. The lowest BCUT2D eigenvalue weighted by Crippen LogP contribution is -2.22. The van der Waals surface area contributed by atoms with E-state index in [9.17, 15) is 4.79 Å². The minimum Gasteiger partial charge on any atom is -0.493 e. The summed E-state index contributed by atoms with van der Waals surface area (Å²) in [6, 6.07) is 8.28. The SMILES string of the molecule is COC(=O)[C@@H](C)[C@H](c1cccc(OC[C@@H]2CCNC2)c1)C1CC1. The minimum absolute atomic E-state index is 0.109. The largest absolute Gasteiger partial charge is 0.493 e. The van der Waals surface area contributed by atoms with Crippen molar-refractivity contribution in [2.75, 3.05) is 26.8 Å². The molecule has 3 rings (SSSR count). The van der Waals surface area contributed by atoms with Gasteiger partial charge in [-0.1, -0.05) is 19.1 Å². The molecular weight excluding hydrogens is 290 g/mol. The molecule has 0 bridgehead atoms. The summed E-state index contributed by atoms with van der Waals surface area (Å²) in [5.74, 6) is 2.12. The monoisotopic (exact) mass is 317 g/mol. The summed E-state index contributed by atoms with van der Waals surface area (Å²) < 4.78 is 11.0. The first kappa shape index (κ1) is 16.3. The number of carbonyl (C=O) groups is 1. The van der Waals surface area contributed by atoms with Crippen LogP contribution >= 0.6 is 0 Å². The van der Waals surface area contributed by atoms with Gasteiger partial charge >= 0.3 is 5.97 Å². The molecule has 1 heterocycles. The van der Waals surface area contributed by atoms with Crippen LogP contribution in [0.3, 0.4) is 0 Å². The van der Waals surface area contributed by atoms with Gasteiger partial charge in [-0.05, 0) is 55.3 Å². The van der Waals surface area contributed by atoms with Gasteiger partial charge in [0.05, 0.1) is 19.6 Å². The van der Waals surface area contributed by atoms with Gasteiger partial charge in [0.25, 0.3) is 0 Å². The van der Waals surface area contributed by atoms with Gasteiger partial charge in [-0.3, -0.25) is 4.79 Å². The summed E-state index contributed by atoms with van der Waals surface area (Å²) in [6.07, 6.45) is 3.58. The highest BCUT2D eigenvalue weighted by molar-refractivity contribution is 5.73. The molecule has 0 unspecified atom stereocenters. The van der Waals surface area contributed by atoms with E-state index in [4.69, 9.17) is 9.47 Å². The molecule has 4 nitrogen and oxygen atoms in total. The Morgan fingerprint density at radius 2 is 2.17 bits per heavy atom. The molecule has 1 aliphatic heterocycles. The number of nitrogens with one attached hydrogen (secondary N) is 1. The van der Waals surface area contributed by atoms with E-state index >= 15 is 0 Å². The van der Waals surface area contributed by atoms with Crippen molar-refractivity contribution in [2.24, 2.45) is 17.8 Å². The fraction of sp³-hybridized carbons (Fsp3) is 0.632. The smallest absolute Gasteiger partial charge is 0.309 e. The van der Waals surface area contributed by atoms with Crippen LogP contribution in [-0.2, 0) is 9.53 Å². The number of rotatable bonds is 7. The van der Waals surface area contributed by atoms with Crippen molar-refractivity contribution < 1.29 is 14.3 Å². The van der Waals surface area contributed by atoms with Crippen LogP contribution in [0.15, 0.2) is 24.3 Å². The molecule has 0 spiro atoms. The molecule has 4 heteroatoms. The Morgan fingerprint density at radius 3 is 2.83 bits per heavy atom. The number of esters is 1. The lowest BCUT2D eigenvalue weighted by molar-refractivity contribution is -0.145. The summed E-state index contributed by atoms with van der Waals surface area (Å²) in [6.45, 7) is 4.88. The maximum Gasteiger partial charge on any atom is 0.309 e. The van der Waals surface area contributed by atoms with Crippen molar-refractivity contribution in [3.63, 3.8) is 0 Å². The molecule has 23 heavy (non-hydrogen) atoms. The third-order valence-electron chi connectivity index (χ3n) is 5.13. The van der Waals surface area contributed by atoms with E-state index in [0.29, 0.717) is 11.8 Å². The fourth-order valence-electron chi connectivity index (χ4n) is 3.64. The summed E-state index contributed by atoms with van der Waals surface area (Å²) in [4.78, 5) is 12.0. The van der Waals surface area contributed by atoms with Crippen molar-refractivity contribution in [3.05, 3.63) is 29.8 Å². The first-order valence-corrected chi connectivity index (χ1v) is 8.70. The van der Waals surface area contributed by atoms with Gasteiger partial charge in [0.15, 0.2) is 0 Å². The maximum absolute atomic E-state index is 12.0. The molecule has 0 radical (unpaired) electrons. The van der Waals surface area contributed by atoms with Crippen molar-refractivity contribution in [1.82, 2.24) is 5.32 Å². The van der Waals surface area contributed by atoms with Gasteiger partial charge in [-0.15, -0.1) is 0 Å². The third-order valence-corrected chi connectivity index (χ3v) is 5.13. The molecule has 1 N–H and O–H groups in total. The van der Waals surface area contributed by atoms with Crippen LogP contribution in [0.25, 0.3) is 0 Å². The van der Waals surface area contributed by atoms with Crippen LogP contribution in [0, 0.1) is 17.8 Å². The van der Waals surface area contributed by atoms with Crippen LogP contribution in [0.5, 0.6) is 5.75 Å². The van der Waals surface area contributed by atoms with Crippen LogP contribution in [0.4, 0.5) is 0 Å². The fourth-order valence-corrected chi connectivity index (χ4v) is 3.64. The molecule has 1 aliphatic carbocycles. The average molecular weight is 317 g/mol. The predicted molar refractivity (Wildman–Crippen MR) is 89.6 cm³/mol. The van der Waals surface area contributed by atoms with E-state index in [0.717, 1.165) is 25.4 Å². The van der Waals surface area contributed by atoms with Crippen LogP contribution in [0.1, 0.15) is 37.7 Å². The molecule has 0 amide bonds. The molecule has 0 aromatic heterocycles. The highest BCUT2D eigenvalue weighted by Crippen LogP contribution is 2.47. The standard InChI is InChI=1S/C19H27NO3/c1-13(19(21)22-2)18(15-6-7-15)16-4-3-5-17(10-16)23-12-14-8-9-20-11-14/h3-5,10,13-15,18,20H,6-9,11-12H2,1-2H3/t13-,14+,18-/m0/s1. The Kier molecular flexibility index (Phi) is 5.21. The van der Waals surface area contributed by atoms with Crippen molar-refractivity contribution in [2.45, 2.75) is 32.1 Å². The molecular formula is C19H27NO3. The predicted octanol–water partition coefficient (Wildman–Crippen LogP) is 2.98. The second-order valence-electron chi connectivity index (χ2n) is 6.92. The highest BCUT2D eigenvalue weighted by Gasteiger charge is 2.39. The zero-order valence-electron chi connectivity index (χ0n) is 14.1. The van der Waals surface area contributed by atoms with Gasteiger partial charge in [0, 0.05) is 12.5 Å². The molecule has 3 atom stereocenters. The summed E-state index contributed by atoms with van der Waals surface area (Å²) >= 11 is 0. The minimum atomic E-state index is -0.120. The zero-order valence-corrected chi connectivity index (χ0v) is 14.1. The Bertz CT molecular complexity index is 535. The molecule has 1 aromatic rings. The van der Waals surface area contributed by atoms with E-state index < -0.39 is 0 Å². The topological polar surface area (TPSA) is 47.6 Å². The zero-order chi connectivity index (χ0) is 16.2. The van der Waals surface area contributed by atoms with E-state index in [1.807, 2.05) is 19.1 Å². The molecule has 1 saturated heterocycles. The van der Waals surface area contributed by atoms with E-state index in [1.165, 1.54) is 31.9 Å². The van der Waals surface area contributed by atoms with Crippen LogP contribution in [0.2, 0.25) is 0 Å². The van der Waals surface area contributed by atoms with E-state index in [1.54, 1.807) is 0 Å². The van der Waals surface area contributed by atoms with E-state index in [2.05, 4.69) is 17.4 Å². The summed E-state index contributed by atoms with van der Waals surface area (Å²) in [5, 5.41) is 3.36. The van der Waals surface area contributed by atoms with Crippen molar-refractivity contribution in [1.29, 1.82) is 0 Å². The van der Waals surface area contributed by atoms with Gasteiger partial charge in [-0.25, -0.2) is 0 Å². The van der Waals surface area contributed by atoms with Crippen molar-refractivity contribution >= 4 is 5.97 Å². The highest BCUT2D eigenvalue weighted by atomic mass is 16.5. The normalized spacial score (nSPS) is 23.3. The first-order chi connectivity index (χ1) is 11.2. The third kappa shape index (κ3) is 4.05. The second-order valence-corrected chi connectivity index (χ2v) is 6.92. The van der Waals surface area contributed by atoms with Gasteiger partial charge < -0.3 is 14.8 Å². The first-order valence-electron chi connectivity index (χ1n) is 8.70. The quantitative estimate of drug-likeness (QED) is 0.786. The van der Waals surface area contributed by atoms with Gasteiger partial charge in [0.1, 0.15) is 5.75 Å². The van der Waals surface area contributed by atoms with Crippen LogP contribution in [-0.4, -0.2) is 32.8 Å².